The van der Waals surface area contributed by atoms with Gasteiger partial charge in [0.05, 0.1) is 36.9 Å². The van der Waals surface area contributed by atoms with Crippen molar-refractivity contribution < 1.29 is 29.0 Å². The third kappa shape index (κ3) is 5.34. The fraction of sp³-hybridized carbons (Fsp3) is 0.343. The van der Waals surface area contributed by atoms with Crippen molar-refractivity contribution in [1.29, 1.82) is 0 Å². The second-order valence-electron chi connectivity index (χ2n) is 11.5. The van der Waals surface area contributed by atoms with Gasteiger partial charge in [-0.05, 0) is 74.1 Å². The number of aryl methyl sites for hydroxylation is 3. The van der Waals surface area contributed by atoms with Gasteiger partial charge in [-0.3, -0.25) is 9.78 Å². The molecule has 8 bridgehead atoms. The van der Waals surface area contributed by atoms with Gasteiger partial charge in [0, 0.05) is 51.6 Å². The number of hydrogen-bond donors (Lipinski definition) is 3. The molecule has 45 heavy (non-hydrogen) atoms. The first-order valence-corrected chi connectivity index (χ1v) is 14.9. The Kier molecular flexibility index (Phi) is 8.51. The number of carboxylic acid groups (broad SMARTS) is 1. The van der Waals surface area contributed by atoms with Crippen molar-refractivity contribution in [1.82, 2.24) is 19.9 Å². The summed E-state index contributed by atoms with van der Waals surface area (Å²) >= 11 is 0. The van der Waals surface area contributed by atoms with Crippen LogP contribution in [0.15, 0.2) is 24.8 Å². The molecule has 0 amide bonds. The van der Waals surface area contributed by atoms with E-state index in [9.17, 15) is 19.5 Å². The third-order valence-corrected chi connectivity index (χ3v) is 9.08. The van der Waals surface area contributed by atoms with Crippen LogP contribution in [0.5, 0.6) is 0 Å². The van der Waals surface area contributed by atoms with Gasteiger partial charge in [-0.25, -0.2) is 14.6 Å². The topological polar surface area (TPSA) is 147 Å². The number of aliphatic carboxylic acids is 1. The number of nitrogens with zero attached hydrogens (tertiary/aromatic N) is 2. The van der Waals surface area contributed by atoms with E-state index in [0.717, 1.165) is 50.7 Å². The Labute approximate surface area is 261 Å². The summed E-state index contributed by atoms with van der Waals surface area (Å²) in [6.07, 6.45) is 2.64. The minimum atomic E-state index is -0.963. The number of carboxylic acids is 1. The summed E-state index contributed by atoms with van der Waals surface area (Å²) < 4.78 is 10.4. The number of methoxy groups -OCH3 is 2. The largest absolute Gasteiger partial charge is 0.481 e. The van der Waals surface area contributed by atoms with Crippen LogP contribution in [0.25, 0.3) is 39.3 Å². The fourth-order valence-corrected chi connectivity index (χ4v) is 6.51. The maximum absolute atomic E-state index is 13.6. The Hall–Kier alpha value is -4.99. The number of hydrogen-bond acceptors (Lipinski definition) is 7. The van der Waals surface area contributed by atoms with Crippen molar-refractivity contribution in [2.75, 3.05) is 14.2 Å². The normalized spacial score (nSPS) is 16.1. The molecule has 0 fully saturated rings. The first kappa shape index (κ1) is 31.4. The lowest BCUT2D eigenvalue weighted by Crippen LogP contribution is -2.15. The van der Waals surface area contributed by atoms with Gasteiger partial charge in [0.2, 0.25) is 0 Å². The van der Waals surface area contributed by atoms with E-state index in [2.05, 4.69) is 36.5 Å². The quantitative estimate of drug-likeness (QED) is 0.248. The van der Waals surface area contributed by atoms with Gasteiger partial charge in [0.25, 0.3) is 0 Å². The number of esters is 2. The van der Waals surface area contributed by atoms with E-state index in [1.165, 1.54) is 14.2 Å². The lowest BCUT2D eigenvalue weighted by Gasteiger charge is -2.17. The van der Waals surface area contributed by atoms with Gasteiger partial charge in [0.1, 0.15) is 5.56 Å². The predicted octanol–water partition coefficient (Wildman–Crippen LogP) is 6.78. The summed E-state index contributed by atoms with van der Waals surface area (Å²) in [7, 11) is 2.53. The second-order valence-corrected chi connectivity index (χ2v) is 11.5. The third-order valence-electron chi connectivity index (χ3n) is 9.08. The molecule has 0 unspecified atom stereocenters. The highest BCUT2D eigenvalue weighted by Gasteiger charge is 2.37. The Morgan fingerprint density at radius 1 is 0.956 bits per heavy atom. The molecule has 3 aromatic heterocycles. The molecule has 10 heteroatoms. The minimum Gasteiger partial charge on any atom is -0.481 e. The van der Waals surface area contributed by atoms with Crippen molar-refractivity contribution in [2.24, 2.45) is 0 Å². The zero-order valence-electron chi connectivity index (χ0n) is 26.7. The summed E-state index contributed by atoms with van der Waals surface area (Å²) in [4.78, 5) is 55.5. The molecule has 5 rings (SSSR count). The Morgan fingerprint density at radius 2 is 1.62 bits per heavy atom. The molecule has 234 valence electrons. The van der Waals surface area contributed by atoms with E-state index >= 15 is 0 Å². The van der Waals surface area contributed by atoms with E-state index in [1.54, 1.807) is 6.92 Å². The Morgan fingerprint density at radius 3 is 2.24 bits per heavy atom. The monoisotopic (exact) mass is 610 g/mol. The van der Waals surface area contributed by atoms with Crippen LogP contribution in [0.3, 0.4) is 0 Å². The molecule has 0 saturated carbocycles. The molecule has 0 aromatic carbocycles. The first-order chi connectivity index (χ1) is 21.4. The van der Waals surface area contributed by atoms with E-state index in [-0.39, 0.29) is 35.6 Å². The Bertz CT molecular complexity index is 1960. The highest BCUT2D eigenvalue weighted by Crippen LogP contribution is 2.44. The maximum atomic E-state index is 13.6. The molecule has 3 aromatic rings. The fourth-order valence-electron chi connectivity index (χ4n) is 6.51. The van der Waals surface area contributed by atoms with Gasteiger partial charge in [-0.1, -0.05) is 26.5 Å². The van der Waals surface area contributed by atoms with E-state index in [4.69, 9.17) is 19.4 Å². The summed E-state index contributed by atoms with van der Waals surface area (Å²) in [5.41, 5.74) is 9.75. The van der Waals surface area contributed by atoms with Crippen LogP contribution in [0.4, 0.5) is 0 Å². The number of nitrogens with one attached hydrogen (secondary N) is 2. The number of rotatable bonds is 7. The number of aromatic amines is 2. The molecular weight excluding hydrogens is 572 g/mol. The van der Waals surface area contributed by atoms with E-state index < -0.39 is 23.8 Å². The highest BCUT2D eigenvalue weighted by atomic mass is 16.5. The number of ether oxygens (including phenoxy) is 2. The SMILES string of the molecule is C=Cc1c(C)c2cc3nc(c(C(=O)OC)c4nc(cc5[nH]c(cc1[nH]2)c(C)c5CC)C(C)=C4C(=O)OC)[C@@H](CCC(=O)O)[C@@H]3C. The molecule has 0 radical (unpaired) electrons. The number of H-pyrrole nitrogens is 2. The molecule has 2 aliphatic rings. The van der Waals surface area contributed by atoms with E-state index in [0.29, 0.717) is 22.7 Å². The zero-order chi connectivity index (χ0) is 32.7. The number of aromatic nitrogens is 4. The number of carbonyl (C=O) groups excluding carboxylic acids is 2. The van der Waals surface area contributed by atoms with E-state index in [1.807, 2.05) is 32.1 Å². The van der Waals surface area contributed by atoms with Gasteiger partial charge in [-0.2, -0.15) is 0 Å². The molecule has 0 spiro atoms. The summed E-state index contributed by atoms with van der Waals surface area (Å²) in [5.74, 6) is -3.08. The average Bonchev–Trinajstić information content (AvgIpc) is 3.68. The smallest absolute Gasteiger partial charge is 0.341 e. The van der Waals surface area contributed by atoms with Crippen molar-refractivity contribution >= 4 is 57.2 Å². The molecule has 5 heterocycles. The highest BCUT2D eigenvalue weighted by molar-refractivity contribution is 6.26. The summed E-state index contributed by atoms with van der Waals surface area (Å²) in [5, 5.41) is 9.59. The zero-order valence-corrected chi connectivity index (χ0v) is 26.7. The van der Waals surface area contributed by atoms with Crippen LogP contribution < -0.4 is 0 Å². The summed E-state index contributed by atoms with van der Waals surface area (Å²) in [6, 6.07) is 5.87. The number of fused-ring (bicyclic) bond motifs is 8. The van der Waals surface area contributed by atoms with Gasteiger partial charge in [-0.15, -0.1) is 0 Å². The average molecular weight is 611 g/mol. The lowest BCUT2D eigenvalue weighted by atomic mass is 9.85. The first-order valence-electron chi connectivity index (χ1n) is 14.9. The molecule has 3 N–H and O–H groups in total. The van der Waals surface area contributed by atoms with Gasteiger partial charge >= 0.3 is 17.9 Å². The van der Waals surface area contributed by atoms with Crippen molar-refractivity contribution in [3.8, 4) is 0 Å². The van der Waals surface area contributed by atoms with Crippen LogP contribution >= 0.6 is 0 Å². The van der Waals surface area contributed by atoms with Crippen molar-refractivity contribution in [3.05, 3.63) is 75.4 Å². The number of allylic oxidation sites excluding steroid dienone is 1. The van der Waals surface area contributed by atoms with Crippen molar-refractivity contribution in [3.63, 3.8) is 0 Å². The lowest BCUT2D eigenvalue weighted by molar-refractivity contribution is -0.137. The maximum Gasteiger partial charge on any atom is 0.341 e. The van der Waals surface area contributed by atoms with Gasteiger partial charge < -0.3 is 24.5 Å². The molecule has 0 aliphatic carbocycles. The van der Waals surface area contributed by atoms with Crippen LogP contribution in [0, 0.1) is 13.8 Å². The Balaban J connectivity index is 2.06. The van der Waals surface area contributed by atoms with Crippen LogP contribution in [-0.4, -0.2) is 57.2 Å². The van der Waals surface area contributed by atoms with Crippen molar-refractivity contribution in [2.45, 2.75) is 65.7 Å². The predicted molar refractivity (Wildman–Crippen MR) is 174 cm³/mol. The van der Waals surface area contributed by atoms with Crippen LogP contribution in [-0.2, 0) is 25.5 Å². The summed E-state index contributed by atoms with van der Waals surface area (Å²) in [6.45, 7) is 13.9. The standard InChI is InChI=1S/C35H38N4O6/c1-9-20-16(3)23-13-25-18(5)22(11-12-29(40)41)32(38-25)31(35(43)45-8)33-30(34(42)44-7)19(6)26(39-33)15-28-21(10-2)17(4)24(37-28)14-27(20)36-23/h9,13-15,18,22,36-37H,1,10-12H2,2-8H3,(H,40,41)/t18-,22-/m0/s1. The molecule has 0 saturated heterocycles. The molecule has 2 aliphatic heterocycles. The number of carbonyl (C=O) groups is 3. The molecule has 10 nitrogen and oxygen atoms in total. The van der Waals surface area contributed by atoms with Crippen LogP contribution in [0.2, 0.25) is 0 Å². The molecule has 2 atom stereocenters. The van der Waals surface area contributed by atoms with Crippen LogP contribution in [0.1, 0.15) is 101 Å². The van der Waals surface area contributed by atoms with Gasteiger partial charge in [0.15, 0.2) is 0 Å². The second kappa shape index (κ2) is 12.2. The molecular formula is C35H38N4O6. The minimum absolute atomic E-state index is 0.0152.